The lowest BCUT2D eigenvalue weighted by Crippen LogP contribution is -2.24. The lowest BCUT2D eigenvalue weighted by atomic mass is 9.99. The lowest BCUT2D eigenvalue weighted by molar-refractivity contribution is 0.542. The number of pyridine rings is 1. The van der Waals surface area contributed by atoms with Gasteiger partial charge in [0.2, 0.25) is 0 Å². The van der Waals surface area contributed by atoms with Crippen LogP contribution in [0.15, 0.2) is 41.0 Å². The van der Waals surface area contributed by atoms with Crippen molar-refractivity contribution in [2.45, 2.75) is 26.3 Å². The van der Waals surface area contributed by atoms with Crippen LogP contribution in [0.4, 0.5) is 0 Å². The molecule has 1 aromatic heterocycles. The SMILES string of the molecule is CCNC(Cc1ncccc1C)c1cccc(Br)c1Cl. The van der Waals surface area contributed by atoms with Crippen molar-refractivity contribution in [2.24, 2.45) is 0 Å². The zero-order valence-corrected chi connectivity index (χ0v) is 14.0. The number of nitrogens with zero attached hydrogens (tertiary/aromatic N) is 1. The third kappa shape index (κ3) is 3.60. The minimum Gasteiger partial charge on any atom is -0.310 e. The second-order valence-corrected chi connectivity index (χ2v) is 5.96. The molecular weight excluding hydrogens is 336 g/mol. The van der Waals surface area contributed by atoms with Gasteiger partial charge < -0.3 is 5.32 Å². The van der Waals surface area contributed by atoms with Gasteiger partial charge in [-0.15, -0.1) is 0 Å². The van der Waals surface area contributed by atoms with Crippen LogP contribution in [-0.2, 0) is 6.42 Å². The summed E-state index contributed by atoms with van der Waals surface area (Å²) in [6, 6.07) is 10.3. The maximum Gasteiger partial charge on any atom is 0.0595 e. The van der Waals surface area contributed by atoms with Crippen molar-refractivity contribution >= 4 is 27.5 Å². The van der Waals surface area contributed by atoms with Crippen molar-refractivity contribution in [1.82, 2.24) is 10.3 Å². The van der Waals surface area contributed by atoms with Gasteiger partial charge in [-0.05, 0) is 52.7 Å². The molecule has 2 nitrogen and oxygen atoms in total. The molecule has 0 radical (unpaired) electrons. The highest BCUT2D eigenvalue weighted by molar-refractivity contribution is 9.10. The molecule has 1 atom stereocenters. The van der Waals surface area contributed by atoms with E-state index >= 15 is 0 Å². The van der Waals surface area contributed by atoms with E-state index in [0.29, 0.717) is 0 Å². The van der Waals surface area contributed by atoms with Crippen LogP contribution in [0.3, 0.4) is 0 Å². The Kier molecular flexibility index (Phi) is 5.58. The van der Waals surface area contributed by atoms with Crippen LogP contribution in [0.2, 0.25) is 5.02 Å². The van der Waals surface area contributed by atoms with Crippen LogP contribution in [-0.4, -0.2) is 11.5 Å². The first-order chi connectivity index (χ1) is 9.63. The number of hydrogen-bond donors (Lipinski definition) is 1. The molecule has 0 saturated carbocycles. The van der Waals surface area contributed by atoms with Crippen molar-refractivity contribution in [3.05, 3.63) is 62.8 Å². The molecule has 2 rings (SSSR count). The van der Waals surface area contributed by atoms with Crippen LogP contribution in [0, 0.1) is 6.92 Å². The summed E-state index contributed by atoms with van der Waals surface area (Å²) in [5.74, 6) is 0. The fourth-order valence-corrected chi connectivity index (χ4v) is 2.89. The summed E-state index contributed by atoms with van der Waals surface area (Å²) in [6.07, 6.45) is 2.67. The van der Waals surface area contributed by atoms with E-state index < -0.39 is 0 Å². The summed E-state index contributed by atoms with van der Waals surface area (Å²) >= 11 is 9.91. The molecule has 0 saturated heterocycles. The average molecular weight is 354 g/mol. The van der Waals surface area contributed by atoms with Gasteiger partial charge in [-0.2, -0.15) is 0 Å². The molecule has 1 N–H and O–H groups in total. The highest BCUT2D eigenvalue weighted by atomic mass is 79.9. The van der Waals surface area contributed by atoms with Gasteiger partial charge in [-0.1, -0.05) is 36.7 Å². The van der Waals surface area contributed by atoms with Gasteiger partial charge in [0.05, 0.1) is 5.02 Å². The summed E-state index contributed by atoms with van der Waals surface area (Å²) < 4.78 is 0.928. The smallest absolute Gasteiger partial charge is 0.0595 e. The standard InChI is InChI=1S/C16H18BrClN2/c1-3-19-15(10-14-11(2)6-5-9-20-14)12-7-4-8-13(17)16(12)18/h4-9,15,19H,3,10H2,1-2H3. The van der Waals surface area contributed by atoms with Crippen LogP contribution < -0.4 is 5.32 Å². The van der Waals surface area contributed by atoms with Gasteiger partial charge >= 0.3 is 0 Å². The van der Waals surface area contributed by atoms with E-state index in [1.165, 1.54) is 5.56 Å². The first-order valence-corrected chi connectivity index (χ1v) is 7.88. The molecule has 0 bridgehead atoms. The molecule has 0 fully saturated rings. The molecule has 1 unspecified atom stereocenters. The molecule has 106 valence electrons. The minimum atomic E-state index is 0.165. The van der Waals surface area contributed by atoms with Crippen molar-refractivity contribution in [3.8, 4) is 0 Å². The molecule has 2 aromatic rings. The van der Waals surface area contributed by atoms with Crippen molar-refractivity contribution in [2.75, 3.05) is 6.54 Å². The number of halogens is 2. The van der Waals surface area contributed by atoms with Gasteiger partial charge in [-0.3, -0.25) is 4.98 Å². The van der Waals surface area contributed by atoms with E-state index in [1.54, 1.807) is 0 Å². The Morgan fingerprint density at radius 3 is 2.80 bits per heavy atom. The molecule has 4 heteroatoms. The van der Waals surface area contributed by atoms with Crippen LogP contribution in [0.5, 0.6) is 0 Å². The predicted octanol–water partition coefficient (Wildman–Crippen LogP) is 4.70. The van der Waals surface area contributed by atoms with E-state index in [4.69, 9.17) is 11.6 Å². The fraction of sp³-hybridized carbons (Fsp3) is 0.312. The summed E-state index contributed by atoms with van der Waals surface area (Å²) in [5, 5.41) is 4.27. The normalized spacial score (nSPS) is 12.4. The second kappa shape index (κ2) is 7.21. The summed E-state index contributed by atoms with van der Waals surface area (Å²) in [5.41, 5.74) is 3.42. The molecule has 0 aliphatic heterocycles. The van der Waals surface area contributed by atoms with Crippen LogP contribution in [0.1, 0.15) is 29.8 Å². The summed E-state index contributed by atoms with van der Waals surface area (Å²) in [7, 11) is 0. The van der Waals surface area contributed by atoms with Crippen molar-refractivity contribution in [1.29, 1.82) is 0 Å². The largest absolute Gasteiger partial charge is 0.310 e. The number of hydrogen-bond acceptors (Lipinski definition) is 2. The zero-order chi connectivity index (χ0) is 14.5. The zero-order valence-electron chi connectivity index (χ0n) is 11.7. The van der Waals surface area contributed by atoms with E-state index in [1.807, 2.05) is 24.4 Å². The highest BCUT2D eigenvalue weighted by Gasteiger charge is 2.17. The third-order valence-electron chi connectivity index (χ3n) is 3.32. The molecule has 1 heterocycles. The first-order valence-electron chi connectivity index (χ1n) is 6.71. The molecule has 0 aliphatic carbocycles. The number of likely N-dealkylation sites (N-methyl/N-ethyl adjacent to an activating group) is 1. The Morgan fingerprint density at radius 1 is 1.30 bits per heavy atom. The number of rotatable bonds is 5. The van der Waals surface area contributed by atoms with Gasteiger partial charge in [0.25, 0.3) is 0 Å². The molecule has 0 spiro atoms. The Hall–Kier alpha value is -0.900. The highest BCUT2D eigenvalue weighted by Crippen LogP contribution is 2.31. The quantitative estimate of drug-likeness (QED) is 0.843. The fourth-order valence-electron chi connectivity index (χ4n) is 2.25. The van der Waals surface area contributed by atoms with E-state index in [2.05, 4.69) is 52.2 Å². The molecule has 1 aromatic carbocycles. The van der Waals surface area contributed by atoms with Gasteiger partial charge in [0, 0.05) is 28.8 Å². The predicted molar refractivity (Wildman–Crippen MR) is 88.2 cm³/mol. The number of aromatic nitrogens is 1. The van der Waals surface area contributed by atoms with E-state index in [0.717, 1.165) is 33.7 Å². The minimum absolute atomic E-state index is 0.165. The van der Waals surface area contributed by atoms with E-state index in [-0.39, 0.29) is 6.04 Å². The van der Waals surface area contributed by atoms with Gasteiger partial charge in [0.15, 0.2) is 0 Å². The monoisotopic (exact) mass is 352 g/mol. The number of nitrogens with one attached hydrogen (secondary N) is 1. The maximum atomic E-state index is 6.42. The van der Waals surface area contributed by atoms with Crippen LogP contribution >= 0.6 is 27.5 Å². The lowest BCUT2D eigenvalue weighted by Gasteiger charge is -2.20. The van der Waals surface area contributed by atoms with Crippen molar-refractivity contribution < 1.29 is 0 Å². The number of benzene rings is 1. The third-order valence-corrected chi connectivity index (χ3v) is 4.63. The first kappa shape index (κ1) is 15.5. The Bertz CT molecular complexity index is 586. The maximum absolute atomic E-state index is 6.42. The topological polar surface area (TPSA) is 24.9 Å². The molecular formula is C16H18BrClN2. The average Bonchev–Trinajstić information content (AvgIpc) is 2.44. The summed E-state index contributed by atoms with van der Waals surface area (Å²) in [4.78, 5) is 4.48. The molecule has 20 heavy (non-hydrogen) atoms. The molecule has 0 aliphatic rings. The molecule has 0 amide bonds. The van der Waals surface area contributed by atoms with Crippen molar-refractivity contribution in [3.63, 3.8) is 0 Å². The van der Waals surface area contributed by atoms with Crippen LogP contribution in [0.25, 0.3) is 0 Å². The Morgan fingerprint density at radius 2 is 2.10 bits per heavy atom. The van der Waals surface area contributed by atoms with E-state index in [9.17, 15) is 0 Å². The van der Waals surface area contributed by atoms with Gasteiger partial charge in [-0.25, -0.2) is 0 Å². The number of aryl methyl sites for hydroxylation is 1. The Balaban J connectivity index is 2.32. The Labute approximate surface area is 133 Å². The second-order valence-electron chi connectivity index (χ2n) is 4.72. The van der Waals surface area contributed by atoms with Gasteiger partial charge in [0.1, 0.15) is 0 Å². The summed E-state index contributed by atoms with van der Waals surface area (Å²) in [6.45, 7) is 5.08.